The van der Waals surface area contributed by atoms with E-state index in [0.29, 0.717) is 6.61 Å². The summed E-state index contributed by atoms with van der Waals surface area (Å²) in [5.74, 6) is 0.899. The molecule has 0 bridgehead atoms. The van der Waals surface area contributed by atoms with Crippen molar-refractivity contribution >= 4 is 10.9 Å². The molecule has 0 fully saturated rings. The summed E-state index contributed by atoms with van der Waals surface area (Å²) in [6, 6.07) is 25.3. The molecular weight excluding hydrogens is 356 g/mol. The summed E-state index contributed by atoms with van der Waals surface area (Å²) in [7, 11) is 0. The van der Waals surface area contributed by atoms with Crippen LogP contribution in [0.4, 0.5) is 0 Å². The van der Waals surface area contributed by atoms with Crippen molar-refractivity contribution in [3.8, 4) is 17.0 Å². The van der Waals surface area contributed by atoms with E-state index in [9.17, 15) is 0 Å². The van der Waals surface area contributed by atoms with E-state index in [1.807, 2.05) is 24.3 Å². The molecule has 0 saturated carbocycles. The maximum Gasteiger partial charge on any atom is 0.120 e. The fraction of sp³-hybridized carbons (Fsp3) is 0.231. The Bertz CT molecular complexity index is 1080. The van der Waals surface area contributed by atoms with Crippen molar-refractivity contribution in [1.29, 1.82) is 0 Å². The molecule has 4 aromatic rings. The van der Waals surface area contributed by atoms with Crippen LogP contribution in [-0.2, 0) is 13.0 Å². The number of rotatable bonds is 8. The molecule has 3 heteroatoms. The molecular formula is C26H28N2O. The molecule has 0 amide bonds. The van der Waals surface area contributed by atoms with Crippen molar-refractivity contribution in [2.45, 2.75) is 32.8 Å². The Morgan fingerprint density at radius 3 is 2.55 bits per heavy atom. The number of benzene rings is 3. The normalized spacial score (nSPS) is 11.1. The number of unbranched alkanes of at least 4 members (excludes halogenated alkanes) is 1. The third-order valence-corrected chi connectivity index (χ3v) is 5.31. The average molecular weight is 385 g/mol. The first kappa shape index (κ1) is 19.3. The van der Waals surface area contributed by atoms with Gasteiger partial charge in [0.25, 0.3) is 0 Å². The van der Waals surface area contributed by atoms with Crippen LogP contribution in [0.3, 0.4) is 0 Å². The monoisotopic (exact) mass is 384 g/mol. The Morgan fingerprint density at radius 1 is 0.897 bits per heavy atom. The number of fused-ring (bicyclic) bond motifs is 1. The van der Waals surface area contributed by atoms with Crippen LogP contribution in [-0.4, -0.2) is 11.5 Å². The summed E-state index contributed by atoms with van der Waals surface area (Å²) in [4.78, 5) is 3.65. The highest BCUT2D eigenvalue weighted by atomic mass is 16.5. The molecule has 0 aliphatic rings. The molecule has 0 spiro atoms. The smallest absolute Gasteiger partial charge is 0.120 e. The first-order valence-electron chi connectivity index (χ1n) is 10.3. The van der Waals surface area contributed by atoms with Crippen LogP contribution in [0.1, 0.15) is 29.5 Å². The lowest BCUT2D eigenvalue weighted by atomic mass is 9.99. The first-order chi connectivity index (χ1) is 14.2. The van der Waals surface area contributed by atoms with Gasteiger partial charge in [-0.1, -0.05) is 54.1 Å². The lowest BCUT2D eigenvalue weighted by Gasteiger charge is -2.08. The first-order valence-corrected chi connectivity index (χ1v) is 10.3. The minimum absolute atomic E-state index is 0.573. The number of ether oxygens (including phenoxy) is 1. The summed E-state index contributed by atoms with van der Waals surface area (Å²) in [6.07, 6.45) is 3.12. The van der Waals surface area contributed by atoms with E-state index in [1.165, 1.54) is 33.3 Å². The average Bonchev–Trinajstić information content (AvgIpc) is 3.11. The summed E-state index contributed by atoms with van der Waals surface area (Å²) in [6.45, 7) is 3.44. The molecule has 0 aliphatic carbocycles. The number of nitrogens with two attached hydrogens (primary N) is 1. The highest BCUT2D eigenvalue weighted by Crippen LogP contribution is 2.34. The van der Waals surface area contributed by atoms with Crippen LogP contribution >= 0.6 is 0 Å². The van der Waals surface area contributed by atoms with Crippen LogP contribution in [0.25, 0.3) is 22.2 Å². The predicted molar refractivity (Wildman–Crippen MR) is 121 cm³/mol. The Hall–Kier alpha value is -3.04. The molecule has 0 aliphatic heterocycles. The van der Waals surface area contributed by atoms with Gasteiger partial charge in [-0.15, -0.1) is 0 Å². The molecule has 148 valence electrons. The van der Waals surface area contributed by atoms with Crippen molar-refractivity contribution in [3.05, 3.63) is 89.5 Å². The second kappa shape index (κ2) is 8.97. The Labute approximate surface area is 172 Å². The van der Waals surface area contributed by atoms with E-state index < -0.39 is 0 Å². The van der Waals surface area contributed by atoms with Crippen LogP contribution in [0, 0.1) is 6.92 Å². The van der Waals surface area contributed by atoms with E-state index >= 15 is 0 Å². The zero-order valence-corrected chi connectivity index (χ0v) is 16.9. The van der Waals surface area contributed by atoms with Gasteiger partial charge in [0.2, 0.25) is 0 Å². The van der Waals surface area contributed by atoms with E-state index in [2.05, 4.69) is 60.4 Å². The van der Waals surface area contributed by atoms with E-state index in [0.717, 1.165) is 37.1 Å². The van der Waals surface area contributed by atoms with Gasteiger partial charge >= 0.3 is 0 Å². The van der Waals surface area contributed by atoms with Crippen molar-refractivity contribution in [3.63, 3.8) is 0 Å². The van der Waals surface area contributed by atoms with Crippen LogP contribution < -0.4 is 10.5 Å². The lowest BCUT2D eigenvalue weighted by Crippen LogP contribution is -1.99. The van der Waals surface area contributed by atoms with Gasteiger partial charge in [0.05, 0.1) is 0 Å². The maximum absolute atomic E-state index is 6.08. The third kappa shape index (κ3) is 4.52. The van der Waals surface area contributed by atoms with Gasteiger partial charge < -0.3 is 15.5 Å². The number of aromatic nitrogens is 1. The zero-order valence-electron chi connectivity index (χ0n) is 16.9. The molecule has 1 aromatic heterocycles. The standard InChI is InChI=1S/C26H28N2O/c1-19-8-7-11-21(16-19)26-23(12-5-6-15-27)24-17-22(13-14-25(24)28-26)29-18-20-9-3-2-4-10-20/h2-4,7-11,13-14,16-17,28H,5-6,12,15,18,27H2,1H3. The molecule has 0 atom stereocenters. The van der Waals surface area contributed by atoms with Gasteiger partial charge in [0.1, 0.15) is 12.4 Å². The second-order valence-corrected chi connectivity index (χ2v) is 7.58. The van der Waals surface area contributed by atoms with Crippen molar-refractivity contribution in [2.24, 2.45) is 5.73 Å². The van der Waals surface area contributed by atoms with Crippen LogP contribution in [0.15, 0.2) is 72.8 Å². The molecule has 0 unspecified atom stereocenters. The summed E-state index contributed by atoms with van der Waals surface area (Å²) in [5, 5.41) is 1.24. The van der Waals surface area contributed by atoms with Gasteiger partial charge in [0, 0.05) is 16.6 Å². The Morgan fingerprint density at radius 2 is 1.76 bits per heavy atom. The molecule has 0 saturated heterocycles. The number of nitrogens with one attached hydrogen (secondary N) is 1. The SMILES string of the molecule is Cc1cccc(-c2[nH]c3ccc(OCc4ccccc4)cc3c2CCCCN)c1. The number of aromatic amines is 1. The van der Waals surface area contributed by atoms with Gasteiger partial charge in [0.15, 0.2) is 0 Å². The van der Waals surface area contributed by atoms with Gasteiger partial charge in [-0.2, -0.15) is 0 Å². The van der Waals surface area contributed by atoms with Gasteiger partial charge in [-0.25, -0.2) is 0 Å². The van der Waals surface area contributed by atoms with Crippen LogP contribution in [0.2, 0.25) is 0 Å². The Kier molecular flexibility index (Phi) is 5.97. The van der Waals surface area contributed by atoms with Gasteiger partial charge in [-0.05, 0) is 73.7 Å². The van der Waals surface area contributed by atoms with E-state index in [1.54, 1.807) is 0 Å². The van der Waals surface area contributed by atoms with Crippen LogP contribution in [0.5, 0.6) is 5.75 Å². The number of H-pyrrole nitrogens is 1. The molecule has 0 radical (unpaired) electrons. The molecule has 3 N–H and O–H groups in total. The number of hydrogen-bond donors (Lipinski definition) is 2. The van der Waals surface area contributed by atoms with Crippen molar-refractivity contribution < 1.29 is 4.74 Å². The highest BCUT2D eigenvalue weighted by Gasteiger charge is 2.14. The zero-order chi connectivity index (χ0) is 20.1. The highest BCUT2D eigenvalue weighted by molar-refractivity contribution is 5.91. The summed E-state index contributed by atoms with van der Waals surface area (Å²) >= 11 is 0. The van der Waals surface area contributed by atoms with Crippen molar-refractivity contribution in [1.82, 2.24) is 4.98 Å². The second-order valence-electron chi connectivity index (χ2n) is 7.58. The summed E-state index contributed by atoms with van der Waals surface area (Å²) < 4.78 is 6.08. The fourth-order valence-corrected chi connectivity index (χ4v) is 3.81. The molecule has 1 heterocycles. The topological polar surface area (TPSA) is 51.0 Å². The maximum atomic E-state index is 6.08. The predicted octanol–water partition coefficient (Wildman–Crippen LogP) is 6.00. The minimum Gasteiger partial charge on any atom is -0.489 e. The molecule has 3 nitrogen and oxygen atoms in total. The third-order valence-electron chi connectivity index (χ3n) is 5.31. The molecule has 4 rings (SSSR count). The quantitative estimate of drug-likeness (QED) is 0.366. The largest absolute Gasteiger partial charge is 0.489 e. The van der Waals surface area contributed by atoms with Crippen molar-refractivity contribution in [2.75, 3.05) is 6.54 Å². The summed E-state index contributed by atoms with van der Waals surface area (Å²) in [5.41, 5.74) is 13.1. The lowest BCUT2D eigenvalue weighted by molar-refractivity contribution is 0.306. The molecule has 29 heavy (non-hydrogen) atoms. The fourth-order valence-electron chi connectivity index (χ4n) is 3.81. The number of hydrogen-bond acceptors (Lipinski definition) is 2. The Balaban J connectivity index is 1.68. The minimum atomic E-state index is 0.573. The van der Waals surface area contributed by atoms with E-state index in [-0.39, 0.29) is 0 Å². The number of aryl methyl sites for hydroxylation is 2. The van der Waals surface area contributed by atoms with Gasteiger partial charge in [-0.3, -0.25) is 0 Å². The van der Waals surface area contributed by atoms with E-state index in [4.69, 9.17) is 10.5 Å². The molecule has 3 aromatic carbocycles.